The Hall–Kier alpha value is -1.46. The summed E-state index contributed by atoms with van der Waals surface area (Å²) in [7, 11) is 0. The van der Waals surface area contributed by atoms with Crippen molar-refractivity contribution in [2.24, 2.45) is 0 Å². The summed E-state index contributed by atoms with van der Waals surface area (Å²) in [6.45, 7) is 4.57. The van der Waals surface area contributed by atoms with E-state index in [0.29, 0.717) is 11.5 Å². The Morgan fingerprint density at radius 1 is 1.41 bits per heavy atom. The van der Waals surface area contributed by atoms with Crippen LogP contribution in [0.1, 0.15) is 25.4 Å². The smallest absolute Gasteiger partial charge is 0.464 e. The molecule has 1 heterocycles. The number of carbonyl (C=O) groups is 1. The summed E-state index contributed by atoms with van der Waals surface area (Å²) in [5.41, 5.74) is 0. The number of halogens is 3. The summed E-state index contributed by atoms with van der Waals surface area (Å²) in [6, 6.07) is 2.66. The fourth-order valence-corrected chi connectivity index (χ4v) is 1.39. The highest BCUT2D eigenvalue weighted by Gasteiger charge is 2.43. The van der Waals surface area contributed by atoms with Gasteiger partial charge in [-0.1, -0.05) is 0 Å². The quantitative estimate of drug-likeness (QED) is 0.825. The van der Waals surface area contributed by atoms with E-state index in [1.54, 1.807) is 19.1 Å². The Morgan fingerprint density at radius 2 is 2.00 bits per heavy atom. The fraction of sp³-hybridized carbons (Fsp3) is 0.545. The fourth-order valence-electron chi connectivity index (χ4n) is 1.39. The Balaban J connectivity index is 2.84. The molecule has 0 bridgehead atoms. The van der Waals surface area contributed by atoms with Gasteiger partial charge in [-0.2, -0.15) is 13.2 Å². The van der Waals surface area contributed by atoms with Crippen LogP contribution >= 0.6 is 0 Å². The van der Waals surface area contributed by atoms with Crippen LogP contribution in [0.3, 0.4) is 0 Å². The number of hydrogen-bond donors (Lipinski definition) is 0. The SMILES string of the molecule is Cc1ccc(CN(C(=O)C(F)(F)F)C(C)C)o1. The molecule has 0 atom stereocenters. The molecule has 0 unspecified atom stereocenters. The molecule has 0 spiro atoms. The molecule has 1 aromatic rings. The standard InChI is InChI=1S/C11H14F3NO2/c1-7(2)15(10(16)11(12,13)14)6-9-5-4-8(3)17-9/h4-5,7H,6H2,1-3H3. The van der Waals surface area contributed by atoms with Crippen molar-refractivity contribution < 1.29 is 22.4 Å². The highest BCUT2D eigenvalue weighted by molar-refractivity contribution is 5.82. The Morgan fingerprint density at radius 3 is 2.35 bits per heavy atom. The number of furan rings is 1. The molecule has 1 rings (SSSR count). The van der Waals surface area contributed by atoms with Gasteiger partial charge in [0.2, 0.25) is 0 Å². The minimum absolute atomic E-state index is 0.177. The van der Waals surface area contributed by atoms with Crippen molar-refractivity contribution in [3.05, 3.63) is 23.7 Å². The molecule has 96 valence electrons. The molecule has 0 aliphatic carbocycles. The zero-order valence-electron chi connectivity index (χ0n) is 9.84. The Kier molecular flexibility index (Phi) is 3.85. The largest absolute Gasteiger partial charge is 0.471 e. The number of nitrogens with zero attached hydrogens (tertiary/aromatic N) is 1. The Labute approximate surface area is 97.2 Å². The highest BCUT2D eigenvalue weighted by Crippen LogP contribution is 2.22. The predicted octanol–water partition coefficient (Wildman–Crippen LogP) is 2.89. The number of hydrogen-bond acceptors (Lipinski definition) is 2. The van der Waals surface area contributed by atoms with Crippen molar-refractivity contribution in [1.82, 2.24) is 4.90 Å². The number of aryl methyl sites for hydroxylation is 1. The lowest BCUT2D eigenvalue weighted by molar-refractivity contribution is -0.188. The molecule has 0 radical (unpaired) electrons. The third-order valence-corrected chi connectivity index (χ3v) is 2.25. The minimum atomic E-state index is -4.86. The van der Waals surface area contributed by atoms with Gasteiger partial charge in [0.05, 0.1) is 6.54 Å². The van der Waals surface area contributed by atoms with Crippen molar-refractivity contribution in [2.75, 3.05) is 0 Å². The van der Waals surface area contributed by atoms with Crippen LogP contribution in [-0.4, -0.2) is 23.0 Å². The zero-order valence-corrected chi connectivity index (χ0v) is 9.84. The van der Waals surface area contributed by atoms with E-state index < -0.39 is 18.1 Å². The van der Waals surface area contributed by atoms with Crippen LogP contribution in [0, 0.1) is 6.92 Å². The average molecular weight is 249 g/mol. The van der Waals surface area contributed by atoms with E-state index in [-0.39, 0.29) is 6.54 Å². The van der Waals surface area contributed by atoms with Gasteiger partial charge in [0.25, 0.3) is 0 Å². The number of carbonyl (C=O) groups excluding carboxylic acids is 1. The van der Waals surface area contributed by atoms with E-state index >= 15 is 0 Å². The van der Waals surface area contributed by atoms with Crippen LogP contribution < -0.4 is 0 Å². The number of alkyl halides is 3. The van der Waals surface area contributed by atoms with E-state index in [1.807, 2.05) is 0 Å². The van der Waals surface area contributed by atoms with Gasteiger partial charge >= 0.3 is 12.1 Å². The van der Waals surface area contributed by atoms with Gasteiger partial charge in [-0.15, -0.1) is 0 Å². The predicted molar refractivity (Wildman–Crippen MR) is 55.2 cm³/mol. The van der Waals surface area contributed by atoms with E-state index in [0.717, 1.165) is 4.90 Å². The molecule has 17 heavy (non-hydrogen) atoms. The minimum Gasteiger partial charge on any atom is -0.464 e. The second kappa shape index (κ2) is 4.81. The first-order valence-electron chi connectivity index (χ1n) is 5.15. The summed E-state index contributed by atoms with van der Waals surface area (Å²) in [4.78, 5) is 11.9. The molecule has 0 saturated heterocycles. The first-order valence-corrected chi connectivity index (χ1v) is 5.15. The topological polar surface area (TPSA) is 33.5 Å². The van der Waals surface area contributed by atoms with Gasteiger partial charge in [0.15, 0.2) is 0 Å². The van der Waals surface area contributed by atoms with Crippen molar-refractivity contribution in [3.8, 4) is 0 Å². The third-order valence-electron chi connectivity index (χ3n) is 2.25. The van der Waals surface area contributed by atoms with Gasteiger partial charge in [-0.3, -0.25) is 4.79 Å². The van der Waals surface area contributed by atoms with Crippen molar-refractivity contribution in [1.29, 1.82) is 0 Å². The maximum absolute atomic E-state index is 12.3. The highest BCUT2D eigenvalue weighted by atomic mass is 19.4. The first-order chi connectivity index (χ1) is 7.71. The summed E-state index contributed by atoms with van der Waals surface area (Å²) in [5, 5.41) is 0. The van der Waals surface area contributed by atoms with Gasteiger partial charge < -0.3 is 9.32 Å². The second-order valence-electron chi connectivity index (χ2n) is 4.04. The number of rotatable bonds is 3. The average Bonchev–Trinajstić information content (AvgIpc) is 2.57. The van der Waals surface area contributed by atoms with Gasteiger partial charge in [-0.25, -0.2) is 0 Å². The van der Waals surface area contributed by atoms with Crippen LogP contribution in [0.25, 0.3) is 0 Å². The molecule has 3 nitrogen and oxygen atoms in total. The summed E-state index contributed by atoms with van der Waals surface area (Å²) >= 11 is 0. The lowest BCUT2D eigenvalue weighted by Crippen LogP contribution is -2.44. The third kappa shape index (κ3) is 3.51. The summed E-state index contributed by atoms with van der Waals surface area (Å²) in [6.07, 6.45) is -4.86. The van der Waals surface area contributed by atoms with Crippen LogP contribution in [-0.2, 0) is 11.3 Å². The maximum Gasteiger partial charge on any atom is 0.471 e. The summed E-state index contributed by atoms with van der Waals surface area (Å²) < 4.78 is 42.2. The van der Waals surface area contributed by atoms with Gasteiger partial charge in [0, 0.05) is 6.04 Å². The maximum atomic E-state index is 12.3. The van der Waals surface area contributed by atoms with Crippen LogP contribution in [0.15, 0.2) is 16.5 Å². The second-order valence-corrected chi connectivity index (χ2v) is 4.04. The normalized spacial score (nSPS) is 11.9. The lowest BCUT2D eigenvalue weighted by Gasteiger charge is -2.26. The molecular formula is C11H14F3NO2. The van der Waals surface area contributed by atoms with Crippen LogP contribution in [0.2, 0.25) is 0 Å². The summed E-state index contributed by atoms with van der Waals surface area (Å²) in [5.74, 6) is -0.904. The first kappa shape index (κ1) is 13.6. The molecular weight excluding hydrogens is 235 g/mol. The molecule has 0 N–H and O–H groups in total. The van der Waals surface area contributed by atoms with E-state index in [9.17, 15) is 18.0 Å². The molecule has 6 heteroatoms. The van der Waals surface area contributed by atoms with Crippen LogP contribution in [0.4, 0.5) is 13.2 Å². The van der Waals surface area contributed by atoms with Crippen LogP contribution in [0.5, 0.6) is 0 Å². The van der Waals surface area contributed by atoms with E-state index in [4.69, 9.17) is 4.42 Å². The lowest BCUT2D eigenvalue weighted by atomic mass is 10.3. The zero-order chi connectivity index (χ0) is 13.2. The van der Waals surface area contributed by atoms with E-state index in [1.165, 1.54) is 13.8 Å². The van der Waals surface area contributed by atoms with Crippen molar-refractivity contribution >= 4 is 5.91 Å². The molecule has 0 aliphatic rings. The molecule has 0 aromatic carbocycles. The number of amides is 1. The monoisotopic (exact) mass is 249 g/mol. The molecule has 0 saturated carbocycles. The molecule has 1 aromatic heterocycles. The molecule has 0 aliphatic heterocycles. The van der Waals surface area contributed by atoms with Crippen molar-refractivity contribution in [2.45, 2.75) is 39.5 Å². The van der Waals surface area contributed by atoms with Crippen molar-refractivity contribution in [3.63, 3.8) is 0 Å². The van der Waals surface area contributed by atoms with E-state index in [2.05, 4.69) is 0 Å². The molecule has 1 amide bonds. The Bertz CT molecular complexity index is 396. The van der Waals surface area contributed by atoms with Gasteiger partial charge in [-0.05, 0) is 32.9 Å². The van der Waals surface area contributed by atoms with Gasteiger partial charge in [0.1, 0.15) is 11.5 Å². The molecule has 0 fully saturated rings.